The van der Waals surface area contributed by atoms with E-state index in [1.165, 1.54) is 6.07 Å². The number of hydrogen-bond acceptors (Lipinski definition) is 2. The highest BCUT2D eigenvalue weighted by atomic mass is 79.9. The molecular formula is C9H12BrClFNO. The lowest BCUT2D eigenvalue weighted by Crippen LogP contribution is -2.23. The van der Waals surface area contributed by atoms with Crippen LogP contribution in [0.1, 0.15) is 18.5 Å². The number of hydrogen-bond donors (Lipinski definition) is 2. The minimum Gasteiger partial charge on any atom is -0.391 e. The summed E-state index contributed by atoms with van der Waals surface area (Å²) in [7, 11) is 0. The fraction of sp³-hybridized carbons (Fsp3) is 0.333. The lowest BCUT2D eigenvalue weighted by atomic mass is 10.0. The highest BCUT2D eigenvalue weighted by Crippen LogP contribution is 2.26. The maximum absolute atomic E-state index is 13.0. The first-order valence-corrected chi connectivity index (χ1v) is 4.71. The van der Waals surface area contributed by atoms with E-state index in [1.54, 1.807) is 19.1 Å². The monoisotopic (exact) mass is 283 g/mol. The maximum atomic E-state index is 13.0. The largest absolute Gasteiger partial charge is 0.391 e. The van der Waals surface area contributed by atoms with Crippen molar-refractivity contribution in [3.8, 4) is 0 Å². The first-order valence-electron chi connectivity index (χ1n) is 3.91. The third-order valence-electron chi connectivity index (χ3n) is 1.86. The quantitative estimate of drug-likeness (QED) is 0.876. The molecule has 0 spiro atoms. The first kappa shape index (κ1) is 13.8. The fourth-order valence-electron chi connectivity index (χ4n) is 1.04. The van der Waals surface area contributed by atoms with Crippen LogP contribution in [0, 0.1) is 5.82 Å². The molecule has 1 aromatic carbocycles. The van der Waals surface area contributed by atoms with Crippen molar-refractivity contribution < 1.29 is 9.50 Å². The SMILES string of the molecule is C[C@H](O)[C@H](N)c1cccc(F)c1Br.Cl. The second kappa shape index (κ2) is 5.66. The van der Waals surface area contributed by atoms with E-state index in [0.717, 1.165) is 0 Å². The Kier molecular flexibility index (Phi) is 5.59. The molecule has 0 heterocycles. The summed E-state index contributed by atoms with van der Waals surface area (Å²) in [5.41, 5.74) is 6.24. The van der Waals surface area contributed by atoms with Crippen LogP contribution >= 0.6 is 28.3 Å². The van der Waals surface area contributed by atoms with E-state index < -0.39 is 12.1 Å². The molecule has 3 N–H and O–H groups in total. The summed E-state index contributed by atoms with van der Waals surface area (Å²) < 4.78 is 13.3. The van der Waals surface area contributed by atoms with Crippen LogP contribution in [-0.2, 0) is 0 Å². The zero-order valence-electron chi connectivity index (χ0n) is 7.58. The molecule has 2 atom stereocenters. The molecule has 0 radical (unpaired) electrons. The van der Waals surface area contributed by atoms with Gasteiger partial charge in [0, 0.05) is 0 Å². The number of rotatable bonds is 2. The van der Waals surface area contributed by atoms with Crippen molar-refractivity contribution in [2.75, 3.05) is 0 Å². The number of benzene rings is 1. The van der Waals surface area contributed by atoms with Gasteiger partial charge in [0.05, 0.1) is 16.6 Å². The molecule has 0 bridgehead atoms. The van der Waals surface area contributed by atoms with Crippen molar-refractivity contribution in [1.82, 2.24) is 0 Å². The Morgan fingerprint density at radius 3 is 2.57 bits per heavy atom. The van der Waals surface area contributed by atoms with Crippen molar-refractivity contribution >= 4 is 28.3 Å². The fourth-order valence-corrected chi connectivity index (χ4v) is 1.57. The van der Waals surface area contributed by atoms with Gasteiger partial charge in [0.2, 0.25) is 0 Å². The van der Waals surface area contributed by atoms with Gasteiger partial charge in [-0.15, -0.1) is 12.4 Å². The Balaban J connectivity index is 0.00000169. The van der Waals surface area contributed by atoms with Gasteiger partial charge in [0.15, 0.2) is 0 Å². The Labute approximate surface area is 96.8 Å². The molecule has 0 saturated carbocycles. The Morgan fingerprint density at radius 2 is 2.07 bits per heavy atom. The number of aliphatic hydroxyl groups excluding tert-OH is 1. The number of halogens is 3. The highest BCUT2D eigenvalue weighted by Gasteiger charge is 2.16. The van der Waals surface area contributed by atoms with Gasteiger partial charge in [-0.3, -0.25) is 0 Å². The Hall–Kier alpha value is -0.160. The molecule has 0 unspecified atom stereocenters. The average Bonchev–Trinajstić information content (AvgIpc) is 2.08. The van der Waals surface area contributed by atoms with Crippen LogP contribution in [0.5, 0.6) is 0 Å². The summed E-state index contributed by atoms with van der Waals surface area (Å²) in [5, 5.41) is 9.22. The van der Waals surface area contributed by atoms with Crippen molar-refractivity contribution in [3.63, 3.8) is 0 Å². The van der Waals surface area contributed by atoms with Crippen molar-refractivity contribution in [2.45, 2.75) is 19.1 Å². The minimum atomic E-state index is -0.696. The third kappa shape index (κ3) is 2.92. The molecule has 0 amide bonds. The van der Waals surface area contributed by atoms with Crippen LogP contribution in [0.2, 0.25) is 0 Å². The molecule has 0 aromatic heterocycles. The second-order valence-corrected chi connectivity index (χ2v) is 3.70. The van der Waals surface area contributed by atoms with E-state index in [1.807, 2.05) is 0 Å². The zero-order valence-corrected chi connectivity index (χ0v) is 9.98. The molecule has 1 rings (SSSR count). The summed E-state index contributed by atoms with van der Waals surface area (Å²) in [5.74, 6) is -0.367. The third-order valence-corrected chi connectivity index (χ3v) is 2.70. The van der Waals surface area contributed by atoms with Gasteiger partial charge in [-0.1, -0.05) is 12.1 Å². The van der Waals surface area contributed by atoms with E-state index >= 15 is 0 Å². The molecule has 0 aliphatic heterocycles. The van der Waals surface area contributed by atoms with Gasteiger partial charge < -0.3 is 10.8 Å². The van der Waals surface area contributed by atoms with Gasteiger partial charge in [-0.25, -0.2) is 4.39 Å². The zero-order chi connectivity index (χ0) is 10.0. The normalized spacial score (nSPS) is 14.4. The van der Waals surface area contributed by atoms with E-state index in [4.69, 9.17) is 5.73 Å². The van der Waals surface area contributed by atoms with Gasteiger partial charge in [-0.2, -0.15) is 0 Å². The van der Waals surface area contributed by atoms with E-state index in [2.05, 4.69) is 15.9 Å². The molecule has 14 heavy (non-hydrogen) atoms. The van der Waals surface area contributed by atoms with Crippen LogP contribution in [0.15, 0.2) is 22.7 Å². The average molecular weight is 285 g/mol. The molecule has 1 aromatic rings. The molecule has 5 heteroatoms. The molecule has 0 aliphatic rings. The Morgan fingerprint density at radius 1 is 1.50 bits per heavy atom. The molecular weight excluding hydrogens is 272 g/mol. The predicted octanol–water partition coefficient (Wildman–Crippen LogP) is 2.39. The summed E-state index contributed by atoms with van der Waals surface area (Å²) in [6.07, 6.45) is -0.696. The molecule has 0 saturated heterocycles. The minimum absolute atomic E-state index is 0. The number of nitrogens with two attached hydrogens (primary N) is 1. The van der Waals surface area contributed by atoms with Crippen LogP contribution in [0.25, 0.3) is 0 Å². The second-order valence-electron chi connectivity index (χ2n) is 2.91. The summed E-state index contributed by atoms with van der Waals surface area (Å²) in [6, 6.07) is 4.02. The van der Waals surface area contributed by atoms with Crippen LogP contribution in [0.3, 0.4) is 0 Å². The molecule has 80 valence electrons. The molecule has 0 fully saturated rings. The van der Waals surface area contributed by atoms with Crippen molar-refractivity contribution in [3.05, 3.63) is 34.1 Å². The van der Waals surface area contributed by atoms with E-state index in [9.17, 15) is 9.50 Å². The lowest BCUT2D eigenvalue weighted by Gasteiger charge is -2.16. The standard InChI is InChI=1S/C9H11BrFNO.ClH/c1-5(13)9(12)6-3-2-4-7(11)8(6)10;/h2-5,9,13H,12H2,1H3;1H/t5-,9-;/m0./s1. The predicted molar refractivity (Wildman–Crippen MR) is 60.0 cm³/mol. The summed E-state index contributed by atoms with van der Waals surface area (Å²) in [4.78, 5) is 0. The van der Waals surface area contributed by atoms with Gasteiger partial charge in [0.1, 0.15) is 5.82 Å². The van der Waals surface area contributed by atoms with E-state index in [-0.39, 0.29) is 18.2 Å². The molecule has 0 aliphatic carbocycles. The van der Waals surface area contributed by atoms with Crippen molar-refractivity contribution in [1.29, 1.82) is 0 Å². The van der Waals surface area contributed by atoms with Crippen LogP contribution in [-0.4, -0.2) is 11.2 Å². The molecule has 2 nitrogen and oxygen atoms in total. The Bertz CT molecular complexity index is 309. The summed E-state index contributed by atoms with van der Waals surface area (Å²) >= 11 is 3.08. The van der Waals surface area contributed by atoms with Gasteiger partial charge >= 0.3 is 0 Å². The highest BCUT2D eigenvalue weighted by molar-refractivity contribution is 9.10. The van der Waals surface area contributed by atoms with Gasteiger partial charge in [0.25, 0.3) is 0 Å². The maximum Gasteiger partial charge on any atom is 0.137 e. The first-order chi connectivity index (χ1) is 6.04. The van der Waals surface area contributed by atoms with E-state index in [0.29, 0.717) is 10.0 Å². The van der Waals surface area contributed by atoms with Crippen LogP contribution < -0.4 is 5.73 Å². The number of aliphatic hydroxyl groups is 1. The smallest absolute Gasteiger partial charge is 0.137 e. The lowest BCUT2D eigenvalue weighted by molar-refractivity contribution is 0.164. The summed E-state index contributed by atoms with van der Waals surface area (Å²) in [6.45, 7) is 1.57. The van der Waals surface area contributed by atoms with Crippen LogP contribution in [0.4, 0.5) is 4.39 Å². The van der Waals surface area contributed by atoms with Crippen molar-refractivity contribution in [2.24, 2.45) is 5.73 Å². The topological polar surface area (TPSA) is 46.2 Å². The van der Waals surface area contributed by atoms with Gasteiger partial charge in [-0.05, 0) is 34.5 Å².